The lowest BCUT2D eigenvalue weighted by Crippen LogP contribution is -2.49. The van der Waals surface area contributed by atoms with Crippen molar-refractivity contribution in [3.05, 3.63) is 57.4 Å². The van der Waals surface area contributed by atoms with Crippen molar-refractivity contribution in [1.29, 1.82) is 0 Å². The first-order valence-corrected chi connectivity index (χ1v) is 9.32. The molecule has 0 bridgehead atoms. The van der Waals surface area contributed by atoms with Crippen molar-refractivity contribution in [3.63, 3.8) is 0 Å². The van der Waals surface area contributed by atoms with Crippen LogP contribution in [0.15, 0.2) is 24.4 Å². The number of alkyl halides is 3. The molecule has 0 spiro atoms. The van der Waals surface area contributed by atoms with E-state index in [0.717, 1.165) is 29.0 Å². The number of hydrogen-bond acceptors (Lipinski definition) is 4. The van der Waals surface area contributed by atoms with Crippen molar-refractivity contribution in [3.8, 4) is 5.75 Å². The quantitative estimate of drug-likeness (QED) is 0.735. The number of carbonyl (C=O) groups is 1. The van der Waals surface area contributed by atoms with E-state index in [9.17, 15) is 18.0 Å². The van der Waals surface area contributed by atoms with Crippen LogP contribution in [-0.4, -0.2) is 34.0 Å². The second-order valence-corrected chi connectivity index (χ2v) is 7.64. The summed E-state index contributed by atoms with van der Waals surface area (Å²) in [7, 11) is 0. The van der Waals surface area contributed by atoms with Gasteiger partial charge in [0.1, 0.15) is 12.4 Å². The first kappa shape index (κ1) is 21.4. The van der Waals surface area contributed by atoms with E-state index in [1.165, 1.54) is 0 Å². The van der Waals surface area contributed by atoms with Crippen LogP contribution in [0.25, 0.3) is 0 Å². The maximum absolute atomic E-state index is 13.0. The molecular formula is C20H20ClF3N2O3. The summed E-state index contributed by atoms with van der Waals surface area (Å²) in [6.45, 7) is 5.29. The molecule has 1 fully saturated rings. The Morgan fingerprint density at radius 1 is 1.28 bits per heavy atom. The number of carboxylic acid groups (broad SMARTS) is 1. The van der Waals surface area contributed by atoms with Crippen LogP contribution in [0.4, 0.5) is 13.2 Å². The van der Waals surface area contributed by atoms with Gasteiger partial charge >= 0.3 is 12.1 Å². The van der Waals surface area contributed by atoms with E-state index in [0.29, 0.717) is 25.4 Å². The molecule has 0 atom stereocenters. The van der Waals surface area contributed by atoms with Gasteiger partial charge in [-0.2, -0.15) is 13.2 Å². The van der Waals surface area contributed by atoms with Crippen LogP contribution in [0.2, 0.25) is 5.02 Å². The SMILES string of the molecule is Cc1cc(CN2CC(C(=O)O)C2)cc(C)c1OCc1cc(C(F)(F)F)c(Cl)cn1. The highest BCUT2D eigenvalue weighted by atomic mass is 35.5. The van der Waals surface area contributed by atoms with Gasteiger partial charge in [0.05, 0.1) is 22.2 Å². The number of ether oxygens (including phenoxy) is 1. The number of hydrogen-bond donors (Lipinski definition) is 1. The average molecular weight is 429 g/mol. The van der Waals surface area contributed by atoms with E-state index < -0.39 is 22.7 Å². The van der Waals surface area contributed by atoms with Gasteiger partial charge in [-0.1, -0.05) is 23.7 Å². The minimum Gasteiger partial charge on any atom is -0.487 e. The van der Waals surface area contributed by atoms with Crippen LogP contribution in [0.5, 0.6) is 5.75 Å². The fourth-order valence-corrected chi connectivity index (χ4v) is 3.61. The number of nitrogens with zero attached hydrogens (tertiary/aromatic N) is 2. The number of aromatic nitrogens is 1. The van der Waals surface area contributed by atoms with Gasteiger partial charge in [0.25, 0.3) is 0 Å². The molecule has 0 radical (unpaired) electrons. The van der Waals surface area contributed by atoms with E-state index in [-0.39, 0.29) is 18.2 Å². The third-order valence-corrected chi connectivity index (χ3v) is 5.12. The monoisotopic (exact) mass is 428 g/mol. The second kappa shape index (κ2) is 8.20. The predicted molar refractivity (Wildman–Crippen MR) is 101 cm³/mol. The normalized spacial score (nSPS) is 15.2. The number of carboxylic acids is 1. The van der Waals surface area contributed by atoms with Gasteiger partial charge in [-0.25, -0.2) is 0 Å². The van der Waals surface area contributed by atoms with Crippen LogP contribution in [0.3, 0.4) is 0 Å². The van der Waals surface area contributed by atoms with Crippen molar-refractivity contribution in [2.75, 3.05) is 13.1 Å². The lowest BCUT2D eigenvalue weighted by Gasteiger charge is -2.36. The molecular weight excluding hydrogens is 409 g/mol. The zero-order valence-electron chi connectivity index (χ0n) is 15.9. The molecule has 5 nitrogen and oxygen atoms in total. The topological polar surface area (TPSA) is 62.7 Å². The standard InChI is InChI=1S/C20H20ClF3N2O3/c1-11-3-13(7-26-8-14(9-26)19(27)28)4-12(2)18(11)29-10-15-5-16(20(22,23)24)17(21)6-25-15/h3-6,14H,7-10H2,1-2H3,(H,27,28). The fourth-order valence-electron chi connectivity index (χ4n) is 3.40. The van der Waals surface area contributed by atoms with Crippen molar-refractivity contribution in [1.82, 2.24) is 9.88 Å². The summed E-state index contributed by atoms with van der Waals surface area (Å²) in [5.74, 6) is -0.499. The number of rotatable bonds is 6. The Bertz CT molecular complexity index is 905. The fraction of sp³-hybridized carbons (Fsp3) is 0.400. The second-order valence-electron chi connectivity index (χ2n) is 7.23. The summed E-state index contributed by atoms with van der Waals surface area (Å²) in [5.41, 5.74) is 1.91. The van der Waals surface area contributed by atoms with Crippen molar-refractivity contribution < 1.29 is 27.8 Å². The Kier molecular flexibility index (Phi) is 6.05. The Morgan fingerprint density at radius 3 is 2.45 bits per heavy atom. The van der Waals surface area contributed by atoms with Gasteiger partial charge < -0.3 is 9.84 Å². The molecule has 2 heterocycles. The third-order valence-electron chi connectivity index (χ3n) is 4.81. The maximum Gasteiger partial charge on any atom is 0.417 e. The highest BCUT2D eigenvalue weighted by Gasteiger charge is 2.34. The highest BCUT2D eigenvalue weighted by molar-refractivity contribution is 6.31. The Morgan fingerprint density at radius 2 is 1.90 bits per heavy atom. The lowest BCUT2D eigenvalue weighted by molar-refractivity contribution is -0.147. The highest BCUT2D eigenvalue weighted by Crippen LogP contribution is 2.35. The average Bonchev–Trinajstić information content (AvgIpc) is 2.57. The number of pyridine rings is 1. The van der Waals surface area contributed by atoms with Crippen LogP contribution in [0.1, 0.15) is 27.9 Å². The summed E-state index contributed by atoms with van der Waals surface area (Å²) in [5, 5.41) is 8.50. The van der Waals surface area contributed by atoms with Crippen LogP contribution >= 0.6 is 11.6 Å². The van der Waals surface area contributed by atoms with Crippen molar-refractivity contribution in [2.45, 2.75) is 33.2 Å². The minimum absolute atomic E-state index is 0.117. The molecule has 1 aliphatic rings. The first-order chi connectivity index (χ1) is 13.5. The zero-order chi connectivity index (χ0) is 21.3. The minimum atomic E-state index is -4.56. The van der Waals surface area contributed by atoms with Gasteiger partial charge in [0.2, 0.25) is 0 Å². The smallest absolute Gasteiger partial charge is 0.417 e. The summed E-state index contributed by atoms with van der Waals surface area (Å²) in [6.07, 6.45) is -3.58. The molecule has 0 saturated carbocycles. The van der Waals surface area contributed by atoms with E-state index in [4.69, 9.17) is 21.4 Å². The van der Waals surface area contributed by atoms with Crippen molar-refractivity contribution >= 4 is 17.6 Å². The van der Waals surface area contributed by atoms with E-state index in [1.807, 2.05) is 30.9 Å². The van der Waals surface area contributed by atoms with Gasteiger partial charge in [-0.15, -0.1) is 0 Å². The van der Waals surface area contributed by atoms with Gasteiger partial charge in [0.15, 0.2) is 0 Å². The Hall–Kier alpha value is -2.32. The molecule has 9 heteroatoms. The maximum atomic E-state index is 13.0. The van der Waals surface area contributed by atoms with Gasteiger partial charge in [0, 0.05) is 25.8 Å². The summed E-state index contributed by atoms with van der Waals surface area (Å²) in [6, 6.07) is 4.77. The van der Waals surface area contributed by atoms with E-state index >= 15 is 0 Å². The van der Waals surface area contributed by atoms with E-state index in [1.54, 1.807) is 0 Å². The molecule has 156 valence electrons. The predicted octanol–water partition coefficient (Wildman–Crippen LogP) is 4.47. The molecule has 1 aromatic carbocycles. The molecule has 0 unspecified atom stereocenters. The first-order valence-electron chi connectivity index (χ1n) is 8.94. The molecule has 1 saturated heterocycles. The molecule has 3 rings (SSSR count). The van der Waals surface area contributed by atoms with E-state index in [2.05, 4.69) is 4.98 Å². The molecule has 0 aliphatic carbocycles. The van der Waals surface area contributed by atoms with Crippen LogP contribution < -0.4 is 4.74 Å². The number of halogens is 4. The third kappa shape index (κ3) is 5.00. The summed E-state index contributed by atoms with van der Waals surface area (Å²) < 4.78 is 44.7. The number of benzene rings is 1. The molecule has 0 amide bonds. The number of aryl methyl sites for hydroxylation is 2. The molecule has 29 heavy (non-hydrogen) atoms. The van der Waals surface area contributed by atoms with Gasteiger partial charge in [-0.05, 0) is 36.6 Å². The summed E-state index contributed by atoms with van der Waals surface area (Å²) >= 11 is 5.59. The van der Waals surface area contributed by atoms with Crippen molar-refractivity contribution in [2.24, 2.45) is 5.92 Å². The molecule has 1 aliphatic heterocycles. The number of aliphatic carboxylic acids is 1. The van der Waals surface area contributed by atoms with Gasteiger partial charge in [-0.3, -0.25) is 14.7 Å². The largest absolute Gasteiger partial charge is 0.487 e. The molecule has 1 N–H and O–H groups in total. The lowest BCUT2D eigenvalue weighted by atomic mass is 9.98. The zero-order valence-corrected chi connectivity index (χ0v) is 16.6. The molecule has 2 aromatic rings. The summed E-state index contributed by atoms with van der Waals surface area (Å²) in [4.78, 5) is 16.9. The Balaban J connectivity index is 1.67. The van der Waals surface area contributed by atoms with Crippen LogP contribution in [0, 0.1) is 19.8 Å². The Labute approximate surface area is 171 Å². The number of likely N-dealkylation sites (tertiary alicyclic amines) is 1. The van der Waals surface area contributed by atoms with Crippen LogP contribution in [-0.2, 0) is 24.1 Å². The molecule has 1 aromatic heterocycles.